The molecule has 1 aromatic heterocycles. The van der Waals surface area contributed by atoms with Crippen molar-refractivity contribution in [2.75, 3.05) is 24.5 Å². The van der Waals surface area contributed by atoms with Crippen LogP contribution in [0.15, 0.2) is 18.6 Å². The molecule has 1 saturated heterocycles. The highest BCUT2D eigenvalue weighted by Gasteiger charge is 2.30. The Labute approximate surface area is 138 Å². The molecule has 0 aliphatic carbocycles. The van der Waals surface area contributed by atoms with Crippen LogP contribution in [0.5, 0.6) is 0 Å². The number of hydrogen-bond donors (Lipinski definition) is 2. The van der Waals surface area contributed by atoms with Gasteiger partial charge in [0.1, 0.15) is 5.82 Å². The SMILES string of the molecule is CCC(C)C(C)(O)CNC(=O)C1CCN(c2cnccn2)CC1. The number of carbonyl (C=O) groups excluding carboxylic acids is 1. The summed E-state index contributed by atoms with van der Waals surface area (Å²) in [7, 11) is 0. The quantitative estimate of drug-likeness (QED) is 0.832. The molecule has 2 atom stereocenters. The molecule has 6 heteroatoms. The standard InChI is InChI=1S/C17H28N4O2/c1-4-13(2)17(3,23)12-20-16(22)14-5-9-21(10-6-14)15-11-18-7-8-19-15/h7-8,11,13-14,23H,4-6,9-10,12H2,1-3H3,(H,20,22). The minimum atomic E-state index is -0.856. The fourth-order valence-electron chi connectivity index (χ4n) is 2.85. The van der Waals surface area contributed by atoms with E-state index in [1.54, 1.807) is 25.5 Å². The molecule has 1 fully saturated rings. The van der Waals surface area contributed by atoms with Gasteiger partial charge in [0.25, 0.3) is 0 Å². The van der Waals surface area contributed by atoms with E-state index in [-0.39, 0.29) is 17.7 Å². The Morgan fingerprint density at radius 2 is 2.17 bits per heavy atom. The Bertz CT molecular complexity index is 499. The van der Waals surface area contributed by atoms with Crippen LogP contribution in [-0.4, -0.2) is 46.2 Å². The number of piperidine rings is 1. The van der Waals surface area contributed by atoms with Crippen molar-refractivity contribution < 1.29 is 9.90 Å². The molecule has 0 bridgehead atoms. The lowest BCUT2D eigenvalue weighted by Gasteiger charge is -2.33. The molecule has 1 aliphatic rings. The molecule has 1 aromatic rings. The van der Waals surface area contributed by atoms with E-state index < -0.39 is 5.60 Å². The van der Waals surface area contributed by atoms with Crippen molar-refractivity contribution in [3.63, 3.8) is 0 Å². The molecule has 0 aromatic carbocycles. The number of rotatable bonds is 6. The van der Waals surface area contributed by atoms with Gasteiger partial charge >= 0.3 is 0 Å². The number of aliphatic hydroxyl groups is 1. The number of anilines is 1. The smallest absolute Gasteiger partial charge is 0.223 e. The summed E-state index contributed by atoms with van der Waals surface area (Å²) in [5.41, 5.74) is -0.856. The van der Waals surface area contributed by atoms with Gasteiger partial charge in [-0.15, -0.1) is 0 Å². The molecule has 128 valence electrons. The summed E-state index contributed by atoms with van der Waals surface area (Å²) in [6.45, 7) is 7.76. The van der Waals surface area contributed by atoms with Crippen molar-refractivity contribution in [1.82, 2.24) is 15.3 Å². The van der Waals surface area contributed by atoms with Gasteiger partial charge in [0.05, 0.1) is 11.8 Å². The van der Waals surface area contributed by atoms with Crippen molar-refractivity contribution in [2.24, 2.45) is 11.8 Å². The fourth-order valence-corrected chi connectivity index (χ4v) is 2.85. The van der Waals surface area contributed by atoms with Crippen LogP contribution in [0.4, 0.5) is 5.82 Å². The Morgan fingerprint density at radius 3 is 2.74 bits per heavy atom. The maximum Gasteiger partial charge on any atom is 0.223 e. The van der Waals surface area contributed by atoms with Crippen molar-refractivity contribution >= 4 is 11.7 Å². The Balaban J connectivity index is 1.80. The molecule has 2 unspecified atom stereocenters. The predicted octanol–water partition coefficient (Wildman–Crippen LogP) is 1.61. The molecule has 1 aliphatic heterocycles. The zero-order chi connectivity index (χ0) is 16.9. The second-order valence-electron chi connectivity index (χ2n) is 6.71. The van der Waals surface area contributed by atoms with E-state index in [2.05, 4.69) is 20.2 Å². The average molecular weight is 320 g/mol. The normalized spacial score (nSPS) is 19.9. The van der Waals surface area contributed by atoms with Crippen molar-refractivity contribution in [1.29, 1.82) is 0 Å². The lowest BCUT2D eigenvalue weighted by molar-refractivity contribution is -0.127. The Kier molecular flexibility index (Phi) is 5.93. The summed E-state index contributed by atoms with van der Waals surface area (Å²) in [5.74, 6) is 1.08. The first-order valence-corrected chi connectivity index (χ1v) is 8.45. The maximum absolute atomic E-state index is 12.3. The maximum atomic E-state index is 12.3. The highest BCUT2D eigenvalue weighted by atomic mass is 16.3. The topological polar surface area (TPSA) is 78.4 Å². The van der Waals surface area contributed by atoms with Crippen LogP contribution >= 0.6 is 0 Å². The average Bonchev–Trinajstić information content (AvgIpc) is 2.60. The fraction of sp³-hybridized carbons (Fsp3) is 0.706. The third kappa shape index (κ3) is 4.64. The second-order valence-corrected chi connectivity index (χ2v) is 6.71. The van der Waals surface area contributed by atoms with Gasteiger partial charge in [0, 0.05) is 37.9 Å². The van der Waals surface area contributed by atoms with Crippen LogP contribution in [0, 0.1) is 11.8 Å². The Hall–Kier alpha value is -1.69. The molecule has 2 heterocycles. The molecule has 2 N–H and O–H groups in total. The number of nitrogens with zero attached hydrogens (tertiary/aromatic N) is 3. The molecule has 2 rings (SSSR count). The van der Waals surface area contributed by atoms with Crippen molar-refractivity contribution in [3.8, 4) is 0 Å². The van der Waals surface area contributed by atoms with E-state index in [0.29, 0.717) is 6.54 Å². The molecule has 0 saturated carbocycles. The first kappa shape index (κ1) is 17.7. The number of hydrogen-bond acceptors (Lipinski definition) is 5. The summed E-state index contributed by atoms with van der Waals surface area (Å²) in [6, 6.07) is 0. The summed E-state index contributed by atoms with van der Waals surface area (Å²) >= 11 is 0. The number of carbonyl (C=O) groups is 1. The summed E-state index contributed by atoms with van der Waals surface area (Å²) < 4.78 is 0. The third-order valence-corrected chi connectivity index (χ3v) is 5.03. The molecule has 23 heavy (non-hydrogen) atoms. The van der Waals surface area contributed by atoms with Crippen LogP contribution in [0.2, 0.25) is 0 Å². The van der Waals surface area contributed by atoms with E-state index in [1.807, 2.05) is 13.8 Å². The van der Waals surface area contributed by atoms with E-state index >= 15 is 0 Å². The van der Waals surface area contributed by atoms with E-state index in [1.165, 1.54) is 0 Å². The van der Waals surface area contributed by atoms with Gasteiger partial charge < -0.3 is 15.3 Å². The van der Waals surface area contributed by atoms with Crippen LogP contribution in [0.3, 0.4) is 0 Å². The lowest BCUT2D eigenvalue weighted by Crippen LogP contribution is -2.48. The third-order valence-electron chi connectivity index (χ3n) is 5.03. The minimum absolute atomic E-state index is 0.00986. The molecular formula is C17H28N4O2. The van der Waals surface area contributed by atoms with Crippen LogP contribution in [0.1, 0.15) is 40.0 Å². The summed E-state index contributed by atoms with van der Waals surface area (Å²) in [4.78, 5) is 22.9. The highest BCUT2D eigenvalue weighted by Crippen LogP contribution is 2.22. The number of nitrogens with one attached hydrogen (secondary N) is 1. The lowest BCUT2D eigenvalue weighted by atomic mass is 9.88. The zero-order valence-electron chi connectivity index (χ0n) is 14.3. The van der Waals surface area contributed by atoms with Gasteiger partial charge in [-0.25, -0.2) is 4.98 Å². The van der Waals surface area contributed by atoms with Gasteiger partial charge in [-0.05, 0) is 25.7 Å². The van der Waals surface area contributed by atoms with E-state index in [4.69, 9.17) is 0 Å². The molecular weight excluding hydrogens is 292 g/mol. The van der Waals surface area contributed by atoms with Crippen molar-refractivity contribution in [2.45, 2.75) is 45.6 Å². The van der Waals surface area contributed by atoms with Gasteiger partial charge in [0.2, 0.25) is 5.91 Å². The summed E-state index contributed by atoms with van der Waals surface area (Å²) in [6.07, 6.45) is 7.59. The second kappa shape index (κ2) is 7.73. The van der Waals surface area contributed by atoms with Crippen molar-refractivity contribution in [3.05, 3.63) is 18.6 Å². The number of aromatic nitrogens is 2. The summed E-state index contributed by atoms with van der Waals surface area (Å²) in [5, 5.41) is 13.3. The van der Waals surface area contributed by atoms with Gasteiger partial charge in [-0.3, -0.25) is 9.78 Å². The van der Waals surface area contributed by atoms with E-state index in [9.17, 15) is 9.90 Å². The Morgan fingerprint density at radius 1 is 1.48 bits per heavy atom. The van der Waals surface area contributed by atoms with Gasteiger partial charge in [-0.1, -0.05) is 20.3 Å². The predicted molar refractivity (Wildman–Crippen MR) is 90.1 cm³/mol. The van der Waals surface area contributed by atoms with Crippen LogP contribution in [-0.2, 0) is 4.79 Å². The van der Waals surface area contributed by atoms with Crippen LogP contribution < -0.4 is 10.2 Å². The number of amides is 1. The largest absolute Gasteiger partial charge is 0.388 e. The molecule has 0 spiro atoms. The zero-order valence-corrected chi connectivity index (χ0v) is 14.3. The molecule has 0 radical (unpaired) electrons. The first-order chi connectivity index (χ1) is 10.9. The van der Waals surface area contributed by atoms with E-state index in [0.717, 1.165) is 38.2 Å². The highest BCUT2D eigenvalue weighted by molar-refractivity contribution is 5.79. The van der Waals surface area contributed by atoms with Gasteiger partial charge in [0.15, 0.2) is 0 Å². The molecule has 6 nitrogen and oxygen atoms in total. The van der Waals surface area contributed by atoms with Gasteiger partial charge in [-0.2, -0.15) is 0 Å². The first-order valence-electron chi connectivity index (χ1n) is 8.45. The van der Waals surface area contributed by atoms with Crippen LogP contribution in [0.25, 0.3) is 0 Å². The monoisotopic (exact) mass is 320 g/mol. The molecule has 1 amide bonds. The minimum Gasteiger partial charge on any atom is -0.388 e.